The zero-order valence-corrected chi connectivity index (χ0v) is 40.3. The highest BCUT2D eigenvalue weighted by Gasteiger charge is 2.11. The fraction of sp³-hybridized carbons (Fsp3) is 0.585. The molecule has 0 heterocycles. The van der Waals surface area contributed by atoms with E-state index < -0.39 is 7.82 Å². The molecular weight excluding hydrogens is 732 g/mol. The molecule has 2 N–H and O–H groups in total. The van der Waals surface area contributed by atoms with Gasteiger partial charge in [0.15, 0.2) is 0 Å². The van der Waals surface area contributed by atoms with Crippen molar-refractivity contribution in [2.24, 2.45) is 0 Å². The molecule has 5 heteroatoms. The monoisotopic (exact) mass is 819 g/mol. The molecule has 0 saturated carbocycles. The molecule has 4 nitrogen and oxygen atoms in total. The number of hydrogen-bond donors (Lipinski definition) is 2. The lowest BCUT2D eigenvalue weighted by Gasteiger charge is -2.04. The first-order valence-corrected chi connectivity index (χ1v) is 23.8. The van der Waals surface area contributed by atoms with E-state index in [9.17, 15) is 4.57 Å². The normalized spacial score (nSPS) is 15.1. The third-order valence-electron chi connectivity index (χ3n) is 10.5. The minimum atomic E-state index is -4.41. The van der Waals surface area contributed by atoms with Crippen molar-refractivity contribution in [2.45, 2.75) is 199 Å². The molecule has 0 saturated heterocycles. The average molecular weight is 819 g/mol. The third kappa shape index (κ3) is 37.5. The highest BCUT2D eigenvalue weighted by molar-refractivity contribution is 7.46. The smallest absolute Gasteiger partial charge is 0.303 e. The van der Waals surface area contributed by atoms with Crippen LogP contribution < -0.4 is 0 Å². The summed E-state index contributed by atoms with van der Waals surface area (Å²) in [5.74, 6) is 0. The second kappa shape index (κ2) is 34.0. The van der Waals surface area contributed by atoms with Crippen LogP contribution in [0.15, 0.2) is 128 Å². The average Bonchev–Trinajstić information content (AvgIpc) is 3.12. The topological polar surface area (TPSA) is 66.8 Å². The highest BCUT2D eigenvalue weighted by Crippen LogP contribution is 2.35. The molecule has 0 spiro atoms. The summed E-state index contributed by atoms with van der Waals surface area (Å²) in [4.78, 5) is 17.6. The Kier molecular flexibility index (Phi) is 32.4. The summed E-state index contributed by atoms with van der Waals surface area (Å²) in [5.41, 5.74) is 15.7. The summed E-state index contributed by atoms with van der Waals surface area (Å²) in [5, 5.41) is 0. The summed E-state index contributed by atoms with van der Waals surface area (Å²) in [6.45, 7) is 26.5. The lowest BCUT2D eigenvalue weighted by atomic mass is 10.0. The van der Waals surface area contributed by atoms with Gasteiger partial charge in [0.1, 0.15) is 0 Å². The van der Waals surface area contributed by atoms with Gasteiger partial charge in [-0.25, -0.2) is 4.57 Å². The minimum absolute atomic E-state index is 0.0706. The molecular formula is C53H87O4P. The van der Waals surface area contributed by atoms with Gasteiger partial charge >= 0.3 is 7.82 Å². The van der Waals surface area contributed by atoms with Crippen molar-refractivity contribution in [1.82, 2.24) is 0 Å². The fourth-order valence-electron chi connectivity index (χ4n) is 6.34. The van der Waals surface area contributed by atoms with E-state index in [1.54, 1.807) is 6.08 Å². The summed E-state index contributed by atoms with van der Waals surface area (Å²) in [6, 6.07) is 0. The van der Waals surface area contributed by atoms with Crippen molar-refractivity contribution < 1.29 is 18.9 Å². The Labute approximate surface area is 358 Å². The van der Waals surface area contributed by atoms with Gasteiger partial charge in [-0.3, -0.25) is 4.52 Å². The highest BCUT2D eigenvalue weighted by atomic mass is 31.2. The quantitative estimate of drug-likeness (QED) is 0.0540. The molecule has 0 unspecified atom stereocenters. The van der Waals surface area contributed by atoms with Gasteiger partial charge in [-0.05, 0) is 199 Å². The lowest BCUT2D eigenvalue weighted by molar-refractivity contribution is 0.215. The Balaban J connectivity index is 4.33. The number of allylic oxidation sites excluding steroid dienone is 21. The molecule has 0 aromatic heterocycles. The lowest BCUT2D eigenvalue weighted by Crippen LogP contribution is -1.89. The van der Waals surface area contributed by atoms with Gasteiger partial charge in [0.2, 0.25) is 0 Å². The van der Waals surface area contributed by atoms with Crippen LogP contribution in [0.2, 0.25) is 0 Å². The van der Waals surface area contributed by atoms with Crippen molar-refractivity contribution in [3.8, 4) is 0 Å². The van der Waals surface area contributed by atoms with E-state index in [1.807, 2.05) is 6.92 Å². The Morgan fingerprint density at radius 2 is 0.569 bits per heavy atom. The van der Waals surface area contributed by atoms with E-state index >= 15 is 0 Å². The molecule has 0 aliphatic rings. The Bertz CT molecular complexity index is 1570. The Morgan fingerprint density at radius 3 is 0.828 bits per heavy atom. The maximum Gasteiger partial charge on any atom is 0.469 e. The van der Waals surface area contributed by atoms with Crippen LogP contribution in [0.3, 0.4) is 0 Å². The van der Waals surface area contributed by atoms with Crippen LogP contribution in [0.1, 0.15) is 199 Å². The molecule has 0 radical (unpaired) electrons. The second-order valence-electron chi connectivity index (χ2n) is 17.3. The van der Waals surface area contributed by atoms with Gasteiger partial charge in [0, 0.05) is 0 Å². The maximum absolute atomic E-state index is 10.8. The molecule has 0 bridgehead atoms. The number of phosphoric ester groups is 1. The molecule has 328 valence electrons. The zero-order chi connectivity index (χ0) is 43.8. The van der Waals surface area contributed by atoms with E-state index in [4.69, 9.17) is 9.79 Å². The van der Waals surface area contributed by atoms with E-state index in [1.165, 1.54) is 75.0 Å². The largest absolute Gasteiger partial charge is 0.469 e. The summed E-state index contributed by atoms with van der Waals surface area (Å²) in [6.07, 6.45) is 45.5. The van der Waals surface area contributed by atoms with Crippen molar-refractivity contribution in [3.63, 3.8) is 0 Å². The number of rotatable bonds is 31. The first kappa shape index (κ1) is 55.2. The van der Waals surface area contributed by atoms with Gasteiger partial charge in [0.25, 0.3) is 0 Å². The summed E-state index contributed by atoms with van der Waals surface area (Å²) < 4.78 is 15.3. The van der Waals surface area contributed by atoms with Crippen molar-refractivity contribution in [1.29, 1.82) is 0 Å². The minimum Gasteiger partial charge on any atom is -0.303 e. The standard InChI is InChI=1S/C53H87O4P/c1-43(2)21-13-22-44(3)23-14-24-45(4)25-15-26-46(5)27-16-28-47(6)29-17-30-48(7)31-18-32-49(8)33-19-34-50(9)37-38-51(10)35-20-36-52(11)39-40-53(12)41-42-57-58(54,55)56/h21,23,25,27,29,31,33,35,37,39,41H,13-20,22,24,26,28,30,32,34,36,38,40,42H2,1-12H3,(H2,54,55,56)/b44-23+,45-25+,46-27+,47-29-,48-31-,49-33-,50-37-,51-35+,52-39-,53-41-. The van der Waals surface area contributed by atoms with Crippen LogP contribution >= 0.6 is 7.82 Å². The Hall–Kier alpha value is -2.75. The molecule has 0 aromatic rings. The van der Waals surface area contributed by atoms with Crippen LogP contribution in [-0.4, -0.2) is 16.4 Å². The predicted molar refractivity (Wildman–Crippen MR) is 258 cm³/mol. The van der Waals surface area contributed by atoms with Gasteiger partial charge in [-0.1, -0.05) is 128 Å². The van der Waals surface area contributed by atoms with Crippen LogP contribution in [0, 0.1) is 0 Å². The fourth-order valence-corrected chi connectivity index (χ4v) is 6.61. The van der Waals surface area contributed by atoms with Gasteiger partial charge in [-0.15, -0.1) is 0 Å². The number of phosphoric acid groups is 1. The molecule has 0 aromatic carbocycles. The van der Waals surface area contributed by atoms with Crippen LogP contribution in [0.5, 0.6) is 0 Å². The maximum atomic E-state index is 10.8. The molecule has 0 rings (SSSR count). The van der Waals surface area contributed by atoms with Gasteiger partial charge < -0.3 is 9.79 Å². The van der Waals surface area contributed by atoms with Crippen LogP contribution in [0.4, 0.5) is 0 Å². The van der Waals surface area contributed by atoms with Crippen molar-refractivity contribution >= 4 is 7.82 Å². The molecule has 58 heavy (non-hydrogen) atoms. The van der Waals surface area contributed by atoms with Gasteiger partial charge in [0.05, 0.1) is 6.61 Å². The van der Waals surface area contributed by atoms with E-state index in [-0.39, 0.29) is 6.61 Å². The van der Waals surface area contributed by atoms with Crippen molar-refractivity contribution in [3.05, 3.63) is 128 Å². The summed E-state index contributed by atoms with van der Waals surface area (Å²) >= 11 is 0. The molecule has 0 amide bonds. The van der Waals surface area contributed by atoms with E-state index in [0.717, 1.165) is 102 Å². The second-order valence-corrected chi connectivity index (χ2v) is 18.5. The third-order valence-corrected chi connectivity index (χ3v) is 11.0. The predicted octanol–water partition coefficient (Wildman–Crippen LogP) is 17.5. The SMILES string of the molecule is CC(C)=CCC/C(C)=C/CC/C(C)=C/CC/C(C)=C/CC/C(C)=C\CC/C(C)=C\CC/C(C)=C\CC/C(C)=C\C/C(C)=C/CC/C(C)=C\C/C(C)=C\COP(=O)(O)O. The molecule has 0 fully saturated rings. The number of hydrogen-bond acceptors (Lipinski definition) is 2. The van der Waals surface area contributed by atoms with Gasteiger partial charge in [-0.2, -0.15) is 0 Å². The van der Waals surface area contributed by atoms with Crippen LogP contribution in [-0.2, 0) is 9.09 Å². The molecule has 0 aliphatic heterocycles. The van der Waals surface area contributed by atoms with E-state index in [2.05, 4.69) is 141 Å². The Morgan fingerprint density at radius 1 is 0.345 bits per heavy atom. The first-order valence-electron chi connectivity index (χ1n) is 22.3. The molecule has 0 aliphatic carbocycles. The summed E-state index contributed by atoms with van der Waals surface area (Å²) in [7, 11) is -4.41. The first-order chi connectivity index (χ1) is 27.4. The van der Waals surface area contributed by atoms with Crippen molar-refractivity contribution in [2.75, 3.05) is 6.61 Å². The van der Waals surface area contributed by atoms with E-state index in [0.29, 0.717) is 0 Å². The zero-order valence-electron chi connectivity index (χ0n) is 39.4. The molecule has 0 atom stereocenters. The van der Waals surface area contributed by atoms with Crippen LogP contribution in [0.25, 0.3) is 0 Å².